The topological polar surface area (TPSA) is 47.1 Å². The highest BCUT2D eigenvalue weighted by molar-refractivity contribution is 7.96. The summed E-state index contributed by atoms with van der Waals surface area (Å²) in [5.41, 5.74) is 0. The van der Waals surface area contributed by atoms with Crippen molar-refractivity contribution in [1.29, 1.82) is 0 Å². The summed E-state index contributed by atoms with van der Waals surface area (Å²) in [5, 5.41) is 3.77. The number of Topliss-reactive ketones (excluding diaryl/α,β-unsaturated/α-hetero) is 1. The molecular weight excluding hydrogens is 315 g/mol. The summed E-state index contributed by atoms with van der Waals surface area (Å²) in [6.07, 6.45) is 0.561. The highest BCUT2D eigenvalue weighted by Crippen LogP contribution is 2.55. The van der Waals surface area contributed by atoms with E-state index in [1.54, 1.807) is 6.92 Å². The number of benzene rings is 3. The molecule has 0 saturated carbocycles. The van der Waals surface area contributed by atoms with Gasteiger partial charge in [0.15, 0.2) is 5.78 Å². The lowest BCUT2D eigenvalue weighted by atomic mass is 10.4. The number of carbonyl (C=O) groups excluding carboxylic acids is 1. The predicted molar refractivity (Wildman–Crippen MR) is 103 cm³/mol. The van der Waals surface area contributed by atoms with Crippen LogP contribution in [0.2, 0.25) is 0 Å². The molecule has 0 bridgehead atoms. The monoisotopic (exact) mass is 336 g/mol. The second-order valence-electron chi connectivity index (χ2n) is 5.68. The normalized spacial score (nSPS) is 10.7. The second kappa shape index (κ2) is 8.01. The number of rotatable bonds is 5. The second-order valence-corrected chi connectivity index (χ2v) is 9.16. The first-order valence-corrected chi connectivity index (χ1v) is 9.75. The maximum atomic E-state index is 12.2. The first kappa shape index (κ1) is 18.1. The van der Waals surface area contributed by atoms with Crippen molar-refractivity contribution in [1.82, 2.24) is 0 Å². The van der Waals surface area contributed by atoms with Gasteiger partial charge in [0, 0.05) is 0 Å². The molecule has 3 aromatic carbocycles. The van der Waals surface area contributed by atoms with E-state index in [2.05, 4.69) is 72.8 Å². The highest BCUT2D eigenvalue weighted by Gasteiger charge is 2.46. The van der Waals surface area contributed by atoms with E-state index in [1.165, 1.54) is 15.9 Å². The molecule has 24 heavy (non-hydrogen) atoms. The average Bonchev–Trinajstić information content (AvgIpc) is 2.62. The summed E-state index contributed by atoms with van der Waals surface area (Å²) in [4.78, 5) is 12.2. The van der Waals surface area contributed by atoms with E-state index in [0.717, 1.165) is 0 Å². The molecule has 0 fully saturated rings. The van der Waals surface area contributed by atoms with Crippen molar-refractivity contribution in [2.75, 3.05) is 6.16 Å². The first-order valence-electron chi connectivity index (χ1n) is 7.78. The van der Waals surface area contributed by atoms with Crippen LogP contribution in [0.5, 0.6) is 0 Å². The lowest BCUT2D eigenvalue weighted by molar-refractivity contribution is -0.114. The molecule has 3 rings (SSSR count). The lowest BCUT2D eigenvalue weighted by Gasteiger charge is -2.26. The Kier molecular flexibility index (Phi) is 6.03. The van der Waals surface area contributed by atoms with Gasteiger partial charge in [-0.25, -0.2) is 0 Å². The van der Waals surface area contributed by atoms with E-state index in [9.17, 15) is 4.79 Å². The first-order chi connectivity index (χ1) is 11.2. The zero-order valence-electron chi connectivity index (χ0n) is 13.7. The van der Waals surface area contributed by atoms with Gasteiger partial charge in [-0.15, -0.1) is 0 Å². The van der Waals surface area contributed by atoms with E-state index in [1.807, 2.05) is 18.2 Å². The molecule has 0 aliphatic carbocycles. The standard InChI is InChI=1S/C21H20OP.H2O/c1-18(22)17-23(19-11-5-2-6-12-19,20-13-7-3-8-14-20)21-15-9-4-10-16-21;/h2-16H,17H2,1H3;1H2/q+1;/p-1. The van der Waals surface area contributed by atoms with E-state index >= 15 is 0 Å². The van der Waals surface area contributed by atoms with Gasteiger partial charge >= 0.3 is 0 Å². The Hall–Kier alpha value is -2.28. The number of carbonyl (C=O) groups is 1. The highest BCUT2D eigenvalue weighted by atomic mass is 31.2. The molecule has 0 unspecified atom stereocenters. The Morgan fingerprint density at radius 3 is 1.21 bits per heavy atom. The van der Waals surface area contributed by atoms with E-state index in [0.29, 0.717) is 6.16 Å². The average molecular weight is 336 g/mol. The van der Waals surface area contributed by atoms with Crippen LogP contribution in [0.15, 0.2) is 91.0 Å². The quantitative estimate of drug-likeness (QED) is 0.671. The Morgan fingerprint density at radius 2 is 0.958 bits per heavy atom. The van der Waals surface area contributed by atoms with Crippen LogP contribution in [-0.2, 0) is 4.79 Å². The smallest absolute Gasteiger partial charge is 0.168 e. The van der Waals surface area contributed by atoms with Gasteiger partial charge in [0.2, 0.25) is 0 Å². The molecule has 0 aliphatic rings. The lowest BCUT2D eigenvalue weighted by Crippen LogP contribution is -2.35. The van der Waals surface area contributed by atoms with Gasteiger partial charge in [0.1, 0.15) is 29.3 Å². The number of hydrogen-bond acceptors (Lipinski definition) is 2. The van der Waals surface area contributed by atoms with Crippen molar-refractivity contribution in [3.8, 4) is 0 Å². The SMILES string of the molecule is CC(=O)C[P+](c1ccccc1)(c1ccccc1)c1ccccc1.[OH-]. The largest absolute Gasteiger partial charge is 0.870 e. The minimum Gasteiger partial charge on any atom is -0.870 e. The molecule has 3 heteroatoms. The molecule has 0 atom stereocenters. The third kappa shape index (κ3) is 3.46. The summed E-state index contributed by atoms with van der Waals surface area (Å²) in [5.74, 6) is 0.231. The van der Waals surface area contributed by atoms with Crippen LogP contribution < -0.4 is 15.9 Å². The van der Waals surface area contributed by atoms with Crippen molar-refractivity contribution in [2.45, 2.75) is 6.92 Å². The summed E-state index contributed by atoms with van der Waals surface area (Å²) in [6, 6.07) is 31.5. The minimum atomic E-state index is -1.96. The minimum absolute atomic E-state index is 0. The van der Waals surface area contributed by atoms with Crippen LogP contribution in [0.1, 0.15) is 6.92 Å². The summed E-state index contributed by atoms with van der Waals surface area (Å²) >= 11 is 0. The van der Waals surface area contributed by atoms with Crippen LogP contribution in [-0.4, -0.2) is 17.4 Å². The molecule has 0 saturated heterocycles. The zero-order chi connectivity index (χ0) is 16.1. The summed E-state index contributed by atoms with van der Waals surface area (Å²) in [6.45, 7) is 1.70. The molecule has 0 heterocycles. The molecular formula is C21H21O2P. The molecule has 0 amide bonds. The van der Waals surface area contributed by atoms with Crippen LogP contribution in [0.4, 0.5) is 0 Å². The van der Waals surface area contributed by atoms with Gasteiger partial charge in [-0.1, -0.05) is 54.6 Å². The van der Waals surface area contributed by atoms with Crippen LogP contribution in [0.3, 0.4) is 0 Å². The Morgan fingerprint density at radius 1 is 0.667 bits per heavy atom. The van der Waals surface area contributed by atoms with Crippen molar-refractivity contribution >= 4 is 29.0 Å². The Bertz CT molecular complexity index is 674. The van der Waals surface area contributed by atoms with Gasteiger partial charge in [-0.2, -0.15) is 0 Å². The Balaban J connectivity index is 0.00000208. The van der Waals surface area contributed by atoms with Crippen molar-refractivity contribution in [2.24, 2.45) is 0 Å². The molecule has 0 spiro atoms. The third-order valence-electron chi connectivity index (χ3n) is 4.05. The predicted octanol–water partition coefficient (Wildman–Crippen LogP) is 3.39. The van der Waals surface area contributed by atoms with Crippen LogP contribution in [0, 0.1) is 0 Å². The summed E-state index contributed by atoms with van der Waals surface area (Å²) in [7, 11) is -1.96. The molecule has 0 aliphatic heterocycles. The van der Waals surface area contributed by atoms with Crippen LogP contribution >= 0.6 is 7.26 Å². The maximum Gasteiger partial charge on any atom is 0.168 e. The number of ketones is 1. The molecule has 122 valence electrons. The van der Waals surface area contributed by atoms with Crippen LogP contribution in [0.25, 0.3) is 0 Å². The van der Waals surface area contributed by atoms with Gasteiger partial charge in [-0.05, 0) is 43.3 Å². The van der Waals surface area contributed by atoms with Crippen molar-refractivity contribution < 1.29 is 10.3 Å². The van der Waals surface area contributed by atoms with Crippen molar-refractivity contribution in [3.05, 3.63) is 91.0 Å². The number of hydrogen-bond donors (Lipinski definition) is 0. The zero-order valence-corrected chi connectivity index (χ0v) is 14.6. The fraction of sp³-hybridized carbons (Fsp3) is 0.0952. The van der Waals surface area contributed by atoms with Gasteiger partial charge in [0.25, 0.3) is 0 Å². The van der Waals surface area contributed by atoms with Gasteiger partial charge < -0.3 is 5.48 Å². The molecule has 0 aromatic heterocycles. The molecule has 1 N–H and O–H groups in total. The van der Waals surface area contributed by atoms with E-state index in [-0.39, 0.29) is 11.3 Å². The maximum absolute atomic E-state index is 12.2. The summed E-state index contributed by atoms with van der Waals surface area (Å²) < 4.78 is 0. The van der Waals surface area contributed by atoms with E-state index in [4.69, 9.17) is 0 Å². The Labute approximate surface area is 143 Å². The fourth-order valence-electron chi connectivity index (χ4n) is 3.10. The molecule has 2 nitrogen and oxygen atoms in total. The molecule has 0 radical (unpaired) electrons. The molecule has 3 aromatic rings. The van der Waals surface area contributed by atoms with E-state index < -0.39 is 7.26 Å². The fourth-order valence-corrected chi connectivity index (χ4v) is 7.26. The van der Waals surface area contributed by atoms with Gasteiger partial charge in [0.05, 0.1) is 0 Å². The van der Waals surface area contributed by atoms with Crippen molar-refractivity contribution in [3.63, 3.8) is 0 Å². The van der Waals surface area contributed by atoms with Gasteiger partial charge in [-0.3, -0.25) is 4.79 Å². The third-order valence-corrected chi connectivity index (χ3v) is 8.51.